The van der Waals surface area contributed by atoms with Crippen LogP contribution in [0.2, 0.25) is 0 Å². The molecule has 1 amide bonds. The number of carbonyl (C=O) groups excluding carboxylic acids is 1. The lowest BCUT2D eigenvalue weighted by molar-refractivity contribution is -0.123. The zero-order valence-corrected chi connectivity index (χ0v) is 15.8. The largest absolute Gasteiger partial charge is 0.393 e. The van der Waals surface area contributed by atoms with Crippen molar-refractivity contribution in [1.82, 2.24) is 10.6 Å². The summed E-state index contributed by atoms with van der Waals surface area (Å²) in [6.45, 7) is 3.05. The Bertz CT molecular complexity index is 706. The topological polar surface area (TPSA) is 61.4 Å². The minimum Gasteiger partial charge on any atom is -0.393 e. The number of hydrogen-bond donors (Lipinski definition) is 3. The average Bonchev–Trinajstić information content (AvgIpc) is 2.65. The van der Waals surface area contributed by atoms with Crippen molar-refractivity contribution in [2.24, 2.45) is 0 Å². The number of aliphatic hydroxyl groups excluding tert-OH is 1. The van der Waals surface area contributed by atoms with Crippen LogP contribution in [0.5, 0.6) is 0 Å². The lowest BCUT2D eigenvalue weighted by Gasteiger charge is -2.26. The molecule has 26 heavy (non-hydrogen) atoms. The predicted molar refractivity (Wildman–Crippen MR) is 107 cm³/mol. The quantitative estimate of drug-likeness (QED) is 0.728. The second-order valence-electron chi connectivity index (χ2n) is 6.84. The molecule has 0 saturated carbocycles. The number of nitrogens with one attached hydrogen (secondary N) is 2. The van der Waals surface area contributed by atoms with Gasteiger partial charge in [-0.25, -0.2) is 0 Å². The summed E-state index contributed by atoms with van der Waals surface area (Å²) in [5, 5.41) is 16.2. The van der Waals surface area contributed by atoms with Crippen molar-refractivity contribution in [1.29, 1.82) is 0 Å². The third-order valence-corrected chi connectivity index (χ3v) is 4.82. The summed E-state index contributed by atoms with van der Waals surface area (Å²) in [6.07, 6.45) is 0.946. The highest BCUT2D eigenvalue weighted by atomic mass is 35.5. The summed E-state index contributed by atoms with van der Waals surface area (Å²) >= 11 is 0. The third-order valence-electron chi connectivity index (χ3n) is 4.82. The average molecular weight is 375 g/mol. The number of hydrogen-bond acceptors (Lipinski definition) is 3. The van der Waals surface area contributed by atoms with E-state index in [0.717, 1.165) is 12.1 Å². The van der Waals surface area contributed by atoms with E-state index in [2.05, 4.69) is 22.8 Å². The second-order valence-corrected chi connectivity index (χ2v) is 6.84. The highest BCUT2D eigenvalue weighted by molar-refractivity contribution is 5.85. The van der Waals surface area contributed by atoms with Crippen molar-refractivity contribution in [2.75, 3.05) is 6.54 Å². The molecule has 5 heteroatoms. The van der Waals surface area contributed by atoms with E-state index >= 15 is 0 Å². The Hall–Kier alpha value is -1.88. The van der Waals surface area contributed by atoms with Gasteiger partial charge in [0.2, 0.25) is 5.91 Å². The molecule has 140 valence electrons. The Kier molecular flexibility index (Phi) is 7.64. The maximum Gasteiger partial charge on any atom is 0.237 e. The van der Waals surface area contributed by atoms with E-state index < -0.39 is 6.10 Å². The molecule has 0 fully saturated rings. The van der Waals surface area contributed by atoms with Gasteiger partial charge in [0.05, 0.1) is 12.1 Å². The zero-order valence-electron chi connectivity index (χ0n) is 15.0. The molecule has 1 aliphatic heterocycles. The number of rotatable bonds is 6. The molecular formula is C21H27ClN2O2. The van der Waals surface area contributed by atoms with Crippen LogP contribution in [0, 0.1) is 0 Å². The van der Waals surface area contributed by atoms with Crippen LogP contribution in [-0.4, -0.2) is 29.7 Å². The van der Waals surface area contributed by atoms with Gasteiger partial charge in [0.15, 0.2) is 0 Å². The van der Waals surface area contributed by atoms with Crippen molar-refractivity contribution in [2.45, 2.75) is 44.4 Å². The Morgan fingerprint density at radius 2 is 1.81 bits per heavy atom. The first-order valence-electron chi connectivity index (χ1n) is 8.94. The first-order valence-corrected chi connectivity index (χ1v) is 8.94. The highest BCUT2D eigenvalue weighted by Crippen LogP contribution is 2.21. The van der Waals surface area contributed by atoms with Gasteiger partial charge < -0.3 is 15.7 Å². The van der Waals surface area contributed by atoms with Gasteiger partial charge in [-0.2, -0.15) is 0 Å². The molecule has 0 aliphatic carbocycles. The number of amides is 1. The van der Waals surface area contributed by atoms with Crippen LogP contribution in [0.3, 0.4) is 0 Å². The maximum atomic E-state index is 12.6. The van der Waals surface area contributed by atoms with Crippen LogP contribution in [0.25, 0.3) is 0 Å². The van der Waals surface area contributed by atoms with Gasteiger partial charge in [-0.15, -0.1) is 12.4 Å². The lowest BCUT2D eigenvalue weighted by Crippen LogP contribution is -2.48. The van der Waals surface area contributed by atoms with Crippen molar-refractivity contribution >= 4 is 18.3 Å². The van der Waals surface area contributed by atoms with Crippen molar-refractivity contribution in [3.8, 4) is 0 Å². The highest BCUT2D eigenvalue weighted by Gasteiger charge is 2.24. The van der Waals surface area contributed by atoms with Gasteiger partial charge in [0.1, 0.15) is 0 Å². The molecule has 1 heterocycles. The molecular weight excluding hydrogens is 348 g/mol. The van der Waals surface area contributed by atoms with Gasteiger partial charge in [-0.3, -0.25) is 4.79 Å². The Morgan fingerprint density at radius 3 is 2.50 bits per heavy atom. The fraction of sp³-hybridized carbons (Fsp3) is 0.381. The number of fused-ring (bicyclic) bond motifs is 1. The molecule has 2 aromatic carbocycles. The summed E-state index contributed by atoms with van der Waals surface area (Å²) in [4.78, 5) is 12.6. The van der Waals surface area contributed by atoms with E-state index in [4.69, 9.17) is 0 Å². The lowest BCUT2D eigenvalue weighted by atomic mass is 9.92. The van der Waals surface area contributed by atoms with E-state index in [1.165, 1.54) is 11.1 Å². The van der Waals surface area contributed by atoms with Gasteiger partial charge >= 0.3 is 0 Å². The molecule has 3 N–H and O–H groups in total. The third kappa shape index (κ3) is 5.31. The summed E-state index contributed by atoms with van der Waals surface area (Å²) in [5.41, 5.74) is 3.65. The molecule has 0 spiro atoms. The molecule has 0 radical (unpaired) electrons. The van der Waals surface area contributed by atoms with Crippen LogP contribution in [-0.2, 0) is 17.8 Å². The van der Waals surface area contributed by atoms with Crippen LogP contribution in [0.1, 0.15) is 36.0 Å². The smallest absolute Gasteiger partial charge is 0.237 e. The Balaban J connectivity index is 0.00000243. The van der Waals surface area contributed by atoms with E-state index in [-0.39, 0.29) is 30.3 Å². The van der Waals surface area contributed by atoms with Crippen LogP contribution in [0.15, 0.2) is 54.6 Å². The number of aliphatic hydroxyl groups is 1. The molecule has 3 unspecified atom stereocenters. The molecule has 3 atom stereocenters. The summed E-state index contributed by atoms with van der Waals surface area (Å²) in [6, 6.07) is 18.1. The van der Waals surface area contributed by atoms with E-state index in [0.29, 0.717) is 19.4 Å². The number of halogens is 1. The van der Waals surface area contributed by atoms with E-state index in [1.54, 1.807) is 6.92 Å². The first-order chi connectivity index (χ1) is 12.1. The Morgan fingerprint density at radius 1 is 1.15 bits per heavy atom. The number of benzene rings is 2. The minimum atomic E-state index is -0.401. The molecule has 0 aromatic heterocycles. The molecule has 2 aromatic rings. The minimum absolute atomic E-state index is 0. The molecule has 3 rings (SSSR count). The monoisotopic (exact) mass is 374 g/mol. The normalized spacial score (nSPS) is 18.2. The molecule has 0 bridgehead atoms. The van der Waals surface area contributed by atoms with Gasteiger partial charge in [0.25, 0.3) is 0 Å². The fourth-order valence-corrected chi connectivity index (χ4v) is 3.46. The van der Waals surface area contributed by atoms with Crippen molar-refractivity contribution in [3.05, 3.63) is 71.3 Å². The maximum absolute atomic E-state index is 12.6. The fourth-order valence-electron chi connectivity index (χ4n) is 3.46. The van der Waals surface area contributed by atoms with Crippen LogP contribution in [0.4, 0.5) is 0 Å². The van der Waals surface area contributed by atoms with Crippen molar-refractivity contribution < 1.29 is 9.90 Å². The predicted octanol–water partition coefficient (Wildman–Crippen LogP) is 2.79. The zero-order chi connectivity index (χ0) is 17.6. The number of carbonyl (C=O) groups is 1. The summed E-state index contributed by atoms with van der Waals surface area (Å²) in [5.74, 6) is 0.141. The van der Waals surface area contributed by atoms with Crippen molar-refractivity contribution in [3.63, 3.8) is 0 Å². The SMILES string of the molecule is CC(O)CC(CNC(=O)C1Cc2ccccc2CN1)c1ccccc1.Cl. The Labute approximate surface area is 161 Å². The summed E-state index contributed by atoms with van der Waals surface area (Å²) in [7, 11) is 0. The standard InChI is InChI=1S/C21H26N2O2.ClH/c1-15(24)11-19(16-7-3-2-4-8-16)14-23-21(25)20-12-17-9-5-6-10-18(17)13-22-20;/h2-10,15,19-20,22,24H,11-14H2,1H3,(H,23,25);1H. The second kappa shape index (κ2) is 9.72. The molecule has 4 nitrogen and oxygen atoms in total. The van der Waals surface area contributed by atoms with Gasteiger partial charge in [-0.1, -0.05) is 54.6 Å². The van der Waals surface area contributed by atoms with E-state index in [1.807, 2.05) is 42.5 Å². The van der Waals surface area contributed by atoms with Gasteiger partial charge in [0, 0.05) is 19.0 Å². The first kappa shape index (κ1) is 20.4. The van der Waals surface area contributed by atoms with Crippen LogP contribution < -0.4 is 10.6 Å². The molecule has 1 aliphatic rings. The van der Waals surface area contributed by atoms with E-state index in [9.17, 15) is 9.90 Å². The van der Waals surface area contributed by atoms with Crippen LogP contribution >= 0.6 is 12.4 Å². The molecule has 0 saturated heterocycles. The van der Waals surface area contributed by atoms with Gasteiger partial charge in [-0.05, 0) is 36.5 Å². The summed E-state index contributed by atoms with van der Waals surface area (Å²) < 4.78 is 0.